The van der Waals surface area contributed by atoms with Crippen LogP contribution in [0.1, 0.15) is 23.2 Å². The second-order valence-electron chi connectivity index (χ2n) is 5.64. The highest BCUT2D eigenvalue weighted by Gasteiger charge is 2.28. The summed E-state index contributed by atoms with van der Waals surface area (Å²) < 4.78 is 25.5. The van der Waals surface area contributed by atoms with Gasteiger partial charge in [0.2, 0.25) is 5.91 Å². The first kappa shape index (κ1) is 19.2. The molecule has 1 aromatic rings. The maximum atomic E-state index is 13.0. The molecule has 25 heavy (non-hydrogen) atoms. The van der Waals surface area contributed by atoms with Crippen LogP contribution in [0.5, 0.6) is 0 Å². The van der Waals surface area contributed by atoms with Crippen molar-refractivity contribution in [2.24, 2.45) is 0 Å². The Labute approximate surface area is 148 Å². The predicted molar refractivity (Wildman–Crippen MR) is 90.6 cm³/mol. The summed E-state index contributed by atoms with van der Waals surface area (Å²) in [4.78, 5) is 37.2. The van der Waals surface area contributed by atoms with Crippen LogP contribution < -0.4 is 5.32 Å². The van der Waals surface area contributed by atoms with Crippen LogP contribution >= 0.6 is 0 Å². The number of piperazine rings is 1. The minimum Gasteiger partial charge on any atom is -0.340 e. The van der Waals surface area contributed by atoms with Crippen molar-refractivity contribution >= 4 is 30.0 Å². The topological polar surface area (TPSA) is 86.8 Å². The Morgan fingerprint density at radius 1 is 1.20 bits per heavy atom. The van der Waals surface area contributed by atoms with Crippen molar-refractivity contribution < 1.29 is 23.0 Å². The van der Waals surface area contributed by atoms with E-state index in [0.29, 0.717) is 32.5 Å². The highest BCUT2D eigenvalue weighted by molar-refractivity contribution is 7.63. The summed E-state index contributed by atoms with van der Waals surface area (Å²) in [7, 11) is 0. The third-order valence-corrected chi connectivity index (χ3v) is 4.60. The first-order valence-corrected chi connectivity index (χ1v) is 8.68. The largest absolute Gasteiger partial charge is 0.340 e. The Bertz CT molecular complexity index is 633. The molecule has 1 atom stereocenters. The van der Waals surface area contributed by atoms with Gasteiger partial charge in [-0.25, -0.2) is 12.9 Å². The Hall–Kier alpha value is -2.13. The van der Waals surface area contributed by atoms with E-state index in [1.165, 1.54) is 24.3 Å². The number of carbonyl (C=O) groups is 3. The van der Waals surface area contributed by atoms with Crippen LogP contribution in [-0.2, 0) is 21.4 Å². The van der Waals surface area contributed by atoms with Gasteiger partial charge in [-0.2, -0.15) is 0 Å². The number of nitrogens with zero attached hydrogens (tertiary/aromatic N) is 2. The van der Waals surface area contributed by atoms with Crippen LogP contribution in [-0.4, -0.2) is 63.7 Å². The summed E-state index contributed by atoms with van der Waals surface area (Å²) in [6.45, 7) is 1.75. The van der Waals surface area contributed by atoms with Crippen molar-refractivity contribution in [1.29, 1.82) is 0 Å². The number of halogens is 1. The SMILES string of the molecule is O=CCC[C@H](NC(=O)c1ccc(F)cc1)C(=O)N1CCN([SH]=O)CC1. The van der Waals surface area contributed by atoms with Crippen LogP contribution in [0.4, 0.5) is 4.39 Å². The zero-order valence-electron chi connectivity index (χ0n) is 13.6. The van der Waals surface area contributed by atoms with Gasteiger partial charge in [0.1, 0.15) is 18.1 Å². The number of benzene rings is 1. The van der Waals surface area contributed by atoms with Crippen molar-refractivity contribution in [2.45, 2.75) is 18.9 Å². The number of thiol groups is 1. The van der Waals surface area contributed by atoms with Gasteiger partial charge in [0.05, 0.1) is 11.9 Å². The van der Waals surface area contributed by atoms with Crippen LogP contribution in [0.15, 0.2) is 24.3 Å². The van der Waals surface area contributed by atoms with E-state index in [4.69, 9.17) is 0 Å². The van der Waals surface area contributed by atoms with E-state index in [0.717, 1.165) is 0 Å². The van der Waals surface area contributed by atoms with Crippen molar-refractivity contribution in [2.75, 3.05) is 26.2 Å². The molecular formula is C16H20FN3O4S. The highest BCUT2D eigenvalue weighted by Crippen LogP contribution is 2.09. The molecule has 0 unspecified atom stereocenters. The van der Waals surface area contributed by atoms with E-state index in [-0.39, 0.29) is 36.2 Å². The van der Waals surface area contributed by atoms with Crippen molar-refractivity contribution in [3.8, 4) is 0 Å². The van der Waals surface area contributed by atoms with Gasteiger partial charge >= 0.3 is 0 Å². The van der Waals surface area contributed by atoms with E-state index in [1.54, 1.807) is 9.21 Å². The zero-order chi connectivity index (χ0) is 18.2. The number of aldehydes is 1. The lowest BCUT2D eigenvalue weighted by atomic mass is 10.1. The van der Waals surface area contributed by atoms with Gasteiger partial charge < -0.3 is 15.0 Å². The number of hydrogen-bond donors (Lipinski definition) is 2. The van der Waals surface area contributed by atoms with Gasteiger partial charge in [-0.15, -0.1) is 0 Å². The Kier molecular flexibility index (Phi) is 7.20. The molecule has 2 rings (SSSR count). The molecule has 0 radical (unpaired) electrons. The summed E-state index contributed by atoms with van der Waals surface area (Å²) in [6.07, 6.45) is 1.02. The zero-order valence-corrected chi connectivity index (χ0v) is 14.5. The molecule has 136 valence electrons. The lowest BCUT2D eigenvalue weighted by Crippen LogP contribution is -2.54. The molecule has 0 bridgehead atoms. The molecule has 0 spiro atoms. The lowest BCUT2D eigenvalue weighted by molar-refractivity contribution is -0.134. The minimum atomic E-state index is -0.834. The number of hydrogen-bond acceptors (Lipinski definition) is 4. The van der Waals surface area contributed by atoms with Gasteiger partial charge in [0.25, 0.3) is 5.91 Å². The number of nitrogens with one attached hydrogen (secondary N) is 1. The Morgan fingerprint density at radius 2 is 1.84 bits per heavy atom. The highest BCUT2D eigenvalue weighted by atomic mass is 32.2. The quantitative estimate of drug-likeness (QED) is 0.519. The Balaban J connectivity index is 2.03. The smallest absolute Gasteiger partial charge is 0.251 e. The molecular weight excluding hydrogens is 349 g/mol. The molecule has 1 fully saturated rings. The van der Waals surface area contributed by atoms with Gasteiger partial charge in [0, 0.05) is 38.2 Å². The second-order valence-corrected chi connectivity index (χ2v) is 6.37. The van der Waals surface area contributed by atoms with Gasteiger partial charge in [-0.3, -0.25) is 9.59 Å². The minimum absolute atomic E-state index is 0.0753. The normalized spacial score (nSPS) is 16.3. The monoisotopic (exact) mass is 369 g/mol. The summed E-state index contributed by atoms with van der Waals surface area (Å²) >= 11 is -0.0753. The van der Waals surface area contributed by atoms with Crippen LogP contribution in [0.3, 0.4) is 0 Å². The van der Waals surface area contributed by atoms with Gasteiger partial charge in [0.15, 0.2) is 0 Å². The maximum Gasteiger partial charge on any atom is 0.251 e. The molecule has 0 aliphatic carbocycles. The molecule has 9 heteroatoms. The fourth-order valence-electron chi connectivity index (χ4n) is 2.55. The summed E-state index contributed by atoms with van der Waals surface area (Å²) in [5.74, 6) is -1.24. The Morgan fingerprint density at radius 3 is 2.40 bits per heavy atom. The molecule has 1 N–H and O–H groups in total. The molecule has 1 saturated heterocycles. The van der Waals surface area contributed by atoms with Crippen LogP contribution in [0.25, 0.3) is 0 Å². The lowest BCUT2D eigenvalue weighted by Gasteiger charge is -2.34. The average molecular weight is 369 g/mol. The second kappa shape index (κ2) is 9.38. The fraction of sp³-hybridized carbons (Fsp3) is 0.438. The van der Waals surface area contributed by atoms with Crippen molar-refractivity contribution in [1.82, 2.24) is 14.5 Å². The summed E-state index contributed by atoms with van der Waals surface area (Å²) in [5.41, 5.74) is 0.236. The molecule has 1 aliphatic rings. The van der Waals surface area contributed by atoms with Gasteiger partial charge in [-0.05, 0) is 30.7 Å². The standard InChI is InChI=1S/C16H20FN3O4S/c17-13-5-3-12(4-6-13)15(22)18-14(2-1-11-21)16(23)19-7-9-20(25-24)10-8-19/h3-6,11,14,25H,1-2,7-10H2,(H,18,22)/t14-/m0/s1. The molecule has 1 heterocycles. The summed E-state index contributed by atoms with van der Waals surface area (Å²) in [5, 5.41) is 2.62. The molecule has 0 aromatic heterocycles. The van der Waals surface area contributed by atoms with E-state index < -0.39 is 17.8 Å². The van der Waals surface area contributed by atoms with E-state index in [9.17, 15) is 23.0 Å². The van der Waals surface area contributed by atoms with E-state index in [1.807, 2.05) is 0 Å². The van der Waals surface area contributed by atoms with Gasteiger partial charge in [-0.1, -0.05) is 0 Å². The third kappa shape index (κ3) is 5.43. The molecule has 0 saturated carbocycles. The predicted octanol–water partition coefficient (Wildman–Crippen LogP) is -0.0923. The fourth-order valence-corrected chi connectivity index (χ4v) is 2.90. The first-order valence-electron chi connectivity index (χ1n) is 7.92. The average Bonchev–Trinajstić information content (AvgIpc) is 2.65. The third-order valence-electron chi connectivity index (χ3n) is 3.97. The van der Waals surface area contributed by atoms with Crippen molar-refractivity contribution in [3.05, 3.63) is 35.6 Å². The number of carbonyl (C=O) groups excluding carboxylic acids is 3. The number of amides is 2. The molecule has 2 amide bonds. The number of rotatable bonds is 7. The molecule has 7 nitrogen and oxygen atoms in total. The maximum absolute atomic E-state index is 13.0. The van der Waals surface area contributed by atoms with Crippen LogP contribution in [0.2, 0.25) is 0 Å². The van der Waals surface area contributed by atoms with Crippen molar-refractivity contribution in [3.63, 3.8) is 0 Å². The van der Waals surface area contributed by atoms with E-state index in [2.05, 4.69) is 5.32 Å². The first-order chi connectivity index (χ1) is 12.0. The van der Waals surface area contributed by atoms with Crippen LogP contribution in [0, 0.1) is 5.82 Å². The summed E-state index contributed by atoms with van der Waals surface area (Å²) in [6, 6.07) is 4.16. The molecule has 1 aromatic carbocycles. The van der Waals surface area contributed by atoms with E-state index >= 15 is 0 Å². The molecule has 1 aliphatic heterocycles.